The molecule has 6 heteroatoms. The van der Waals surface area contributed by atoms with E-state index in [0.29, 0.717) is 21.6 Å². The van der Waals surface area contributed by atoms with E-state index in [0.717, 1.165) is 10.0 Å². The molecule has 4 nitrogen and oxygen atoms in total. The Morgan fingerprint density at radius 1 is 1.19 bits per heavy atom. The van der Waals surface area contributed by atoms with Crippen molar-refractivity contribution in [3.8, 4) is 5.69 Å². The fraction of sp³-hybridized carbons (Fsp3) is 0.0667. The van der Waals surface area contributed by atoms with Crippen molar-refractivity contribution in [3.05, 3.63) is 72.3 Å². The molecule has 1 N–H and O–H groups in total. The third-order valence-corrected chi connectivity index (χ3v) is 4.45. The highest BCUT2D eigenvalue weighted by Crippen LogP contribution is 2.25. The maximum atomic E-state index is 12.2. The molecular weight excluding hydrogens is 356 g/mol. The monoisotopic (exact) mass is 364 g/mol. The maximum absolute atomic E-state index is 12.2. The van der Waals surface area contributed by atoms with Crippen LogP contribution in [0.1, 0.15) is 5.56 Å². The summed E-state index contributed by atoms with van der Waals surface area (Å²) in [5.41, 5.74) is 1.05. The molecular formula is C15H10BrClN2O2. The molecule has 0 fully saturated rings. The van der Waals surface area contributed by atoms with Gasteiger partial charge in [0.25, 0.3) is 5.56 Å². The molecule has 0 aliphatic carbocycles. The minimum Gasteiger partial charge on any atom is -0.273 e. The second-order valence-electron chi connectivity index (χ2n) is 4.66. The topological polar surface area (TPSA) is 54.9 Å². The van der Waals surface area contributed by atoms with E-state index in [2.05, 4.69) is 20.9 Å². The second kappa shape index (κ2) is 5.16. The first-order chi connectivity index (χ1) is 9.99. The molecule has 2 aromatic carbocycles. The van der Waals surface area contributed by atoms with Crippen LogP contribution in [0.4, 0.5) is 0 Å². The minimum absolute atomic E-state index is 0.418. The highest BCUT2D eigenvalue weighted by molar-refractivity contribution is 9.10. The van der Waals surface area contributed by atoms with Gasteiger partial charge in [-0.05, 0) is 36.8 Å². The number of hydrogen-bond acceptors (Lipinski definition) is 2. The summed E-state index contributed by atoms with van der Waals surface area (Å²) in [5, 5.41) is 0.862. The maximum Gasteiger partial charge on any atom is 0.333 e. The van der Waals surface area contributed by atoms with Crippen LogP contribution in [0.25, 0.3) is 16.6 Å². The van der Waals surface area contributed by atoms with Crippen molar-refractivity contribution < 1.29 is 0 Å². The van der Waals surface area contributed by atoms with Crippen LogP contribution in [0.5, 0.6) is 0 Å². The Hall–Kier alpha value is -1.85. The van der Waals surface area contributed by atoms with Crippen LogP contribution in [-0.4, -0.2) is 9.55 Å². The van der Waals surface area contributed by atoms with Crippen LogP contribution < -0.4 is 11.2 Å². The summed E-state index contributed by atoms with van der Waals surface area (Å²) in [6.45, 7) is 1.89. The zero-order valence-electron chi connectivity index (χ0n) is 11.0. The predicted molar refractivity (Wildman–Crippen MR) is 87.6 cm³/mol. The number of halogens is 2. The summed E-state index contributed by atoms with van der Waals surface area (Å²) in [7, 11) is 0. The first-order valence-electron chi connectivity index (χ1n) is 6.19. The number of nitrogens with one attached hydrogen (secondary N) is 1. The van der Waals surface area contributed by atoms with Crippen molar-refractivity contribution in [2.75, 3.05) is 0 Å². The van der Waals surface area contributed by atoms with Gasteiger partial charge in [-0.15, -0.1) is 0 Å². The lowest BCUT2D eigenvalue weighted by atomic mass is 10.1. The van der Waals surface area contributed by atoms with Crippen LogP contribution >= 0.6 is 27.5 Å². The number of para-hydroxylation sites is 1. The summed E-state index contributed by atoms with van der Waals surface area (Å²) in [5.74, 6) is 0. The van der Waals surface area contributed by atoms with Crippen LogP contribution in [0, 0.1) is 6.92 Å². The fourth-order valence-corrected chi connectivity index (χ4v) is 2.80. The fourth-order valence-electron chi connectivity index (χ4n) is 2.24. The summed E-state index contributed by atoms with van der Waals surface area (Å²) in [6, 6.07) is 10.5. The van der Waals surface area contributed by atoms with Gasteiger partial charge >= 0.3 is 5.69 Å². The number of aryl methyl sites for hydroxylation is 1. The van der Waals surface area contributed by atoms with Gasteiger partial charge in [-0.25, -0.2) is 4.79 Å². The van der Waals surface area contributed by atoms with Gasteiger partial charge in [0.15, 0.2) is 0 Å². The molecule has 0 saturated heterocycles. The van der Waals surface area contributed by atoms with E-state index in [1.807, 2.05) is 6.92 Å². The quantitative estimate of drug-likeness (QED) is 0.718. The summed E-state index contributed by atoms with van der Waals surface area (Å²) >= 11 is 9.58. The third kappa shape index (κ3) is 2.32. The molecule has 0 amide bonds. The molecule has 3 rings (SSSR count). The van der Waals surface area contributed by atoms with Gasteiger partial charge in [0.05, 0.1) is 21.6 Å². The molecule has 0 aliphatic heterocycles. The highest BCUT2D eigenvalue weighted by Gasteiger charge is 2.13. The van der Waals surface area contributed by atoms with E-state index in [1.54, 1.807) is 36.4 Å². The third-order valence-electron chi connectivity index (χ3n) is 3.28. The molecule has 0 radical (unpaired) electrons. The molecule has 3 aromatic rings. The number of rotatable bonds is 1. The largest absolute Gasteiger partial charge is 0.333 e. The average molecular weight is 366 g/mol. The second-order valence-corrected chi connectivity index (χ2v) is 5.93. The Kier molecular flexibility index (Phi) is 3.47. The molecule has 1 aromatic heterocycles. The molecule has 0 unspecified atom stereocenters. The molecule has 106 valence electrons. The molecule has 0 spiro atoms. The van der Waals surface area contributed by atoms with E-state index in [9.17, 15) is 9.59 Å². The van der Waals surface area contributed by atoms with Crippen molar-refractivity contribution in [2.24, 2.45) is 0 Å². The summed E-state index contributed by atoms with van der Waals surface area (Å²) in [6.07, 6.45) is 0. The first-order valence-corrected chi connectivity index (χ1v) is 7.36. The van der Waals surface area contributed by atoms with Crippen molar-refractivity contribution in [1.82, 2.24) is 9.55 Å². The molecule has 0 bridgehead atoms. The number of benzene rings is 2. The van der Waals surface area contributed by atoms with E-state index in [4.69, 9.17) is 11.6 Å². The lowest BCUT2D eigenvalue weighted by Crippen LogP contribution is -2.29. The number of H-pyrrole nitrogens is 1. The van der Waals surface area contributed by atoms with Gasteiger partial charge in [0.2, 0.25) is 0 Å². The van der Waals surface area contributed by atoms with Crippen molar-refractivity contribution in [1.29, 1.82) is 0 Å². The average Bonchev–Trinajstić information content (AvgIpc) is 2.43. The first kappa shape index (κ1) is 14.1. The summed E-state index contributed by atoms with van der Waals surface area (Å²) < 4.78 is 2.23. The van der Waals surface area contributed by atoms with Gasteiger partial charge in [-0.3, -0.25) is 14.3 Å². The molecule has 0 saturated carbocycles. The van der Waals surface area contributed by atoms with Crippen LogP contribution in [0.2, 0.25) is 5.02 Å². The van der Waals surface area contributed by atoms with Crippen LogP contribution in [0.15, 0.2) is 50.5 Å². The Morgan fingerprint density at radius 2 is 1.90 bits per heavy atom. The molecule has 0 aliphatic rings. The summed E-state index contributed by atoms with van der Waals surface area (Å²) in [4.78, 5) is 26.6. The highest BCUT2D eigenvalue weighted by atomic mass is 79.9. The number of hydrogen-bond donors (Lipinski definition) is 1. The van der Waals surface area contributed by atoms with E-state index < -0.39 is 11.2 Å². The minimum atomic E-state index is -0.512. The zero-order chi connectivity index (χ0) is 15.1. The van der Waals surface area contributed by atoms with E-state index in [-0.39, 0.29) is 0 Å². The van der Waals surface area contributed by atoms with Gasteiger partial charge in [0.1, 0.15) is 0 Å². The number of nitrogens with zero attached hydrogens (tertiary/aromatic N) is 1. The molecule has 1 heterocycles. The van der Waals surface area contributed by atoms with Crippen LogP contribution in [-0.2, 0) is 0 Å². The Labute approximate surface area is 133 Å². The number of fused-ring (bicyclic) bond motifs is 1. The van der Waals surface area contributed by atoms with Gasteiger partial charge in [-0.2, -0.15) is 0 Å². The van der Waals surface area contributed by atoms with E-state index >= 15 is 0 Å². The predicted octanol–water partition coefficient (Wildman–Crippen LogP) is 3.40. The van der Waals surface area contributed by atoms with Gasteiger partial charge < -0.3 is 0 Å². The van der Waals surface area contributed by atoms with Gasteiger partial charge in [-0.1, -0.05) is 39.7 Å². The smallest absolute Gasteiger partial charge is 0.273 e. The molecule has 21 heavy (non-hydrogen) atoms. The Bertz CT molecular complexity index is 976. The Morgan fingerprint density at radius 3 is 2.62 bits per heavy atom. The van der Waals surface area contributed by atoms with Crippen molar-refractivity contribution in [3.63, 3.8) is 0 Å². The van der Waals surface area contributed by atoms with Crippen molar-refractivity contribution >= 4 is 38.4 Å². The van der Waals surface area contributed by atoms with Gasteiger partial charge in [0, 0.05) is 4.47 Å². The van der Waals surface area contributed by atoms with Crippen LogP contribution in [0.3, 0.4) is 0 Å². The number of aromatic amines is 1. The van der Waals surface area contributed by atoms with E-state index in [1.165, 1.54) is 4.57 Å². The molecule has 0 atom stereocenters. The van der Waals surface area contributed by atoms with Crippen molar-refractivity contribution in [2.45, 2.75) is 6.92 Å². The Balaban J connectivity index is 2.54. The zero-order valence-corrected chi connectivity index (χ0v) is 13.3. The number of aromatic nitrogens is 2. The normalized spacial score (nSPS) is 11.0. The lowest BCUT2D eigenvalue weighted by molar-refractivity contribution is 0.942. The SMILES string of the molecule is Cc1cc2c(cc1Br)c(=O)[nH]c(=O)n2-c1ccccc1Cl. The lowest BCUT2D eigenvalue weighted by Gasteiger charge is -2.12. The standard InChI is InChI=1S/C15H10BrClN2O2/c1-8-6-13-9(7-10(8)16)14(20)18-15(21)19(13)12-5-3-2-4-11(12)17/h2-7H,1H3,(H,18,20,21).